The Balaban J connectivity index is 1.85. The van der Waals surface area contributed by atoms with Crippen LogP contribution in [0.5, 0.6) is 0 Å². The number of rotatable bonds is 5. The molecule has 5 nitrogen and oxygen atoms in total. The summed E-state index contributed by atoms with van der Waals surface area (Å²) in [7, 11) is 1.38. The molecule has 1 aliphatic rings. The number of esters is 1. The van der Waals surface area contributed by atoms with Crippen molar-refractivity contribution in [2.75, 3.05) is 39.8 Å². The fourth-order valence-corrected chi connectivity index (χ4v) is 2.61. The molecule has 1 fully saturated rings. The zero-order chi connectivity index (χ0) is 15.2. The number of halogens is 1. The quantitative estimate of drug-likeness (QED) is 0.799. The predicted molar refractivity (Wildman–Crippen MR) is 78.1 cm³/mol. The summed E-state index contributed by atoms with van der Waals surface area (Å²) in [6.45, 7) is 4.32. The van der Waals surface area contributed by atoms with E-state index in [9.17, 15) is 9.18 Å². The summed E-state index contributed by atoms with van der Waals surface area (Å²) >= 11 is 0. The monoisotopic (exact) mass is 295 g/mol. The van der Waals surface area contributed by atoms with Gasteiger partial charge in [-0.15, -0.1) is 0 Å². The topological polar surface area (TPSA) is 58.8 Å². The first kappa shape index (κ1) is 15.9. The number of hydrogen-bond acceptors (Lipinski definition) is 5. The minimum Gasteiger partial charge on any atom is -0.468 e. The smallest absolute Gasteiger partial charge is 0.324 e. The van der Waals surface area contributed by atoms with Crippen LogP contribution in [0, 0.1) is 5.82 Å². The number of carbonyl (C=O) groups is 1. The van der Waals surface area contributed by atoms with E-state index in [-0.39, 0.29) is 24.4 Å². The van der Waals surface area contributed by atoms with Crippen molar-refractivity contribution in [1.82, 2.24) is 9.80 Å². The van der Waals surface area contributed by atoms with Crippen molar-refractivity contribution in [2.45, 2.75) is 12.6 Å². The molecule has 0 aliphatic carbocycles. The molecule has 1 unspecified atom stereocenters. The van der Waals surface area contributed by atoms with Crippen LogP contribution in [-0.4, -0.2) is 61.6 Å². The van der Waals surface area contributed by atoms with Crippen molar-refractivity contribution in [3.05, 3.63) is 35.6 Å². The number of ether oxygens (including phenoxy) is 1. The van der Waals surface area contributed by atoms with Gasteiger partial charge in [-0.3, -0.25) is 14.6 Å². The molecule has 1 heterocycles. The molecule has 6 heteroatoms. The van der Waals surface area contributed by atoms with E-state index in [1.54, 1.807) is 12.1 Å². The maximum atomic E-state index is 12.9. The van der Waals surface area contributed by atoms with Gasteiger partial charge in [0.05, 0.1) is 7.11 Å². The van der Waals surface area contributed by atoms with E-state index in [2.05, 4.69) is 9.80 Å². The first-order valence-electron chi connectivity index (χ1n) is 7.12. The highest BCUT2D eigenvalue weighted by atomic mass is 19.1. The van der Waals surface area contributed by atoms with E-state index in [0.29, 0.717) is 0 Å². The Bertz CT molecular complexity index is 458. The Hall–Kier alpha value is -1.50. The molecule has 1 aromatic rings. The predicted octanol–water partition coefficient (Wildman–Crippen LogP) is 0.444. The lowest BCUT2D eigenvalue weighted by Crippen LogP contribution is -2.55. The maximum Gasteiger partial charge on any atom is 0.324 e. The van der Waals surface area contributed by atoms with Crippen LogP contribution < -0.4 is 5.73 Å². The molecular formula is C15H22FN3O2. The standard InChI is InChI=1S/C15H22FN3O2/c1-21-15(20)14(10-17)19-8-6-18(7-9-19)11-12-2-4-13(16)5-3-12/h2-5,14H,6-11,17H2,1H3. The molecule has 1 atom stereocenters. The van der Waals surface area contributed by atoms with Crippen molar-refractivity contribution in [3.8, 4) is 0 Å². The molecule has 0 spiro atoms. The van der Waals surface area contributed by atoms with Crippen LogP contribution in [0.15, 0.2) is 24.3 Å². The van der Waals surface area contributed by atoms with Gasteiger partial charge >= 0.3 is 5.97 Å². The number of nitrogens with two attached hydrogens (primary N) is 1. The SMILES string of the molecule is COC(=O)C(CN)N1CCN(Cc2ccc(F)cc2)CC1. The third-order valence-corrected chi connectivity index (χ3v) is 3.86. The van der Waals surface area contributed by atoms with E-state index in [1.807, 2.05) is 0 Å². The summed E-state index contributed by atoms with van der Waals surface area (Å²) in [4.78, 5) is 16.0. The van der Waals surface area contributed by atoms with Gasteiger partial charge in [0, 0.05) is 39.3 Å². The van der Waals surface area contributed by atoms with E-state index in [1.165, 1.54) is 19.2 Å². The highest BCUT2D eigenvalue weighted by Crippen LogP contribution is 2.11. The van der Waals surface area contributed by atoms with Gasteiger partial charge in [0.15, 0.2) is 0 Å². The molecule has 2 N–H and O–H groups in total. The molecule has 1 aromatic carbocycles. The van der Waals surface area contributed by atoms with Crippen LogP contribution in [0.25, 0.3) is 0 Å². The minimum absolute atomic E-state index is 0.215. The highest BCUT2D eigenvalue weighted by Gasteiger charge is 2.28. The van der Waals surface area contributed by atoms with E-state index < -0.39 is 0 Å². The number of nitrogens with zero attached hydrogens (tertiary/aromatic N) is 2. The fourth-order valence-electron chi connectivity index (χ4n) is 2.61. The van der Waals surface area contributed by atoms with Crippen molar-refractivity contribution >= 4 is 5.97 Å². The van der Waals surface area contributed by atoms with Gasteiger partial charge in [0.2, 0.25) is 0 Å². The first-order valence-corrected chi connectivity index (χ1v) is 7.12. The molecule has 21 heavy (non-hydrogen) atoms. The minimum atomic E-state index is -0.358. The normalized spacial score (nSPS) is 18.4. The lowest BCUT2D eigenvalue weighted by molar-refractivity contribution is -0.147. The summed E-state index contributed by atoms with van der Waals surface area (Å²) in [6.07, 6.45) is 0. The average Bonchev–Trinajstić information content (AvgIpc) is 2.51. The molecule has 0 bridgehead atoms. The van der Waals surface area contributed by atoms with Crippen molar-refractivity contribution in [1.29, 1.82) is 0 Å². The van der Waals surface area contributed by atoms with Crippen LogP contribution in [0.4, 0.5) is 4.39 Å². The molecule has 116 valence electrons. The zero-order valence-electron chi connectivity index (χ0n) is 12.3. The summed E-state index contributed by atoms with van der Waals surface area (Å²) < 4.78 is 17.7. The maximum absolute atomic E-state index is 12.9. The van der Waals surface area contributed by atoms with Crippen LogP contribution in [-0.2, 0) is 16.1 Å². The Morgan fingerprint density at radius 2 is 1.90 bits per heavy atom. The van der Waals surface area contributed by atoms with Crippen LogP contribution in [0.2, 0.25) is 0 Å². The molecule has 0 radical (unpaired) electrons. The van der Waals surface area contributed by atoms with Crippen molar-refractivity contribution in [2.24, 2.45) is 5.73 Å². The summed E-state index contributed by atoms with van der Waals surface area (Å²) in [5.74, 6) is -0.489. The fraction of sp³-hybridized carbons (Fsp3) is 0.533. The zero-order valence-corrected chi connectivity index (χ0v) is 12.3. The molecule has 0 amide bonds. The number of hydrogen-bond donors (Lipinski definition) is 1. The molecule has 1 aliphatic heterocycles. The molecule has 1 saturated heterocycles. The van der Waals surface area contributed by atoms with Crippen LogP contribution in [0.1, 0.15) is 5.56 Å². The van der Waals surface area contributed by atoms with Gasteiger partial charge in [-0.05, 0) is 17.7 Å². The van der Waals surface area contributed by atoms with Gasteiger partial charge in [0.25, 0.3) is 0 Å². The number of piperazine rings is 1. The second-order valence-corrected chi connectivity index (χ2v) is 5.21. The second-order valence-electron chi connectivity index (χ2n) is 5.21. The van der Waals surface area contributed by atoms with E-state index in [0.717, 1.165) is 38.3 Å². The lowest BCUT2D eigenvalue weighted by atomic mass is 10.1. The summed E-state index contributed by atoms with van der Waals surface area (Å²) in [5, 5.41) is 0. The number of benzene rings is 1. The van der Waals surface area contributed by atoms with Crippen LogP contribution in [0.3, 0.4) is 0 Å². The Kier molecular flexibility index (Phi) is 5.67. The molecule has 0 aromatic heterocycles. The lowest BCUT2D eigenvalue weighted by Gasteiger charge is -2.37. The van der Waals surface area contributed by atoms with Crippen LogP contribution >= 0.6 is 0 Å². The Morgan fingerprint density at radius 3 is 2.43 bits per heavy atom. The van der Waals surface area contributed by atoms with Gasteiger partial charge in [-0.1, -0.05) is 12.1 Å². The Morgan fingerprint density at radius 1 is 1.29 bits per heavy atom. The average molecular weight is 295 g/mol. The summed E-state index contributed by atoms with van der Waals surface area (Å²) in [6, 6.07) is 6.21. The van der Waals surface area contributed by atoms with Gasteiger partial charge < -0.3 is 10.5 Å². The van der Waals surface area contributed by atoms with Crippen molar-refractivity contribution in [3.63, 3.8) is 0 Å². The van der Waals surface area contributed by atoms with Gasteiger partial charge in [0.1, 0.15) is 11.9 Å². The third-order valence-electron chi connectivity index (χ3n) is 3.86. The third kappa shape index (κ3) is 4.23. The highest BCUT2D eigenvalue weighted by molar-refractivity contribution is 5.75. The molecule has 0 saturated carbocycles. The molecular weight excluding hydrogens is 273 g/mol. The first-order chi connectivity index (χ1) is 10.1. The summed E-state index contributed by atoms with van der Waals surface area (Å²) in [5.41, 5.74) is 6.75. The Labute approximate surface area is 124 Å². The second kappa shape index (κ2) is 7.49. The number of carbonyl (C=O) groups excluding carboxylic acids is 1. The van der Waals surface area contributed by atoms with E-state index in [4.69, 9.17) is 10.5 Å². The molecule has 2 rings (SSSR count). The largest absolute Gasteiger partial charge is 0.468 e. The number of methoxy groups -OCH3 is 1. The van der Waals surface area contributed by atoms with E-state index >= 15 is 0 Å². The van der Waals surface area contributed by atoms with Gasteiger partial charge in [-0.2, -0.15) is 0 Å². The van der Waals surface area contributed by atoms with Gasteiger partial charge in [-0.25, -0.2) is 4.39 Å². The van der Waals surface area contributed by atoms with Crippen molar-refractivity contribution < 1.29 is 13.9 Å².